The van der Waals surface area contributed by atoms with Crippen molar-refractivity contribution in [1.82, 2.24) is 9.55 Å². The van der Waals surface area contributed by atoms with Crippen LogP contribution in [0, 0.1) is 0 Å². The molecule has 6 heteroatoms. The van der Waals surface area contributed by atoms with Gasteiger partial charge in [0.15, 0.2) is 0 Å². The van der Waals surface area contributed by atoms with Gasteiger partial charge in [0.05, 0.1) is 5.02 Å². The Bertz CT molecular complexity index is 513. The van der Waals surface area contributed by atoms with Crippen LogP contribution in [0.25, 0.3) is 0 Å². The molecule has 0 spiro atoms. The lowest BCUT2D eigenvalue weighted by molar-refractivity contribution is 0.253. The summed E-state index contributed by atoms with van der Waals surface area (Å²) in [5.41, 5.74) is 0.662. The molecule has 1 heterocycles. The van der Waals surface area contributed by atoms with Gasteiger partial charge in [-0.1, -0.05) is 11.6 Å². The normalized spacial score (nSPS) is 10.1. The van der Waals surface area contributed by atoms with E-state index in [0.717, 1.165) is 4.47 Å². The van der Waals surface area contributed by atoms with E-state index in [2.05, 4.69) is 26.2 Å². The van der Waals surface area contributed by atoms with Crippen LogP contribution >= 0.6 is 27.5 Å². The van der Waals surface area contributed by atoms with Crippen LogP contribution in [0.3, 0.4) is 0 Å². The fourth-order valence-corrected chi connectivity index (χ4v) is 1.64. The Morgan fingerprint density at radius 1 is 1.50 bits per heavy atom. The van der Waals surface area contributed by atoms with Crippen molar-refractivity contribution in [3.05, 3.63) is 46.4 Å². The molecule has 1 N–H and O–H groups in total. The number of nitrogens with zero attached hydrogens (tertiary/aromatic N) is 2. The number of anilines is 1. The zero-order valence-electron chi connectivity index (χ0n) is 8.02. The van der Waals surface area contributed by atoms with Crippen molar-refractivity contribution < 1.29 is 4.79 Å². The summed E-state index contributed by atoms with van der Waals surface area (Å²) >= 11 is 9.12. The zero-order valence-corrected chi connectivity index (χ0v) is 10.4. The predicted molar refractivity (Wildman–Crippen MR) is 65.8 cm³/mol. The molecule has 0 unspecified atom stereocenters. The van der Waals surface area contributed by atoms with E-state index in [1.54, 1.807) is 24.4 Å². The lowest BCUT2D eigenvalue weighted by Crippen LogP contribution is -2.17. The van der Waals surface area contributed by atoms with Gasteiger partial charge in [-0.05, 0) is 34.1 Å². The van der Waals surface area contributed by atoms with Crippen molar-refractivity contribution in [2.75, 3.05) is 5.32 Å². The van der Waals surface area contributed by atoms with E-state index in [-0.39, 0.29) is 6.03 Å². The lowest BCUT2D eigenvalue weighted by atomic mass is 10.3. The monoisotopic (exact) mass is 299 g/mol. The standard InChI is InChI=1S/C10H7BrClN3O/c11-8-5-7(1-2-9(8)12)14-10(16)15-4-3-13-6-15/h1-6H,(H,14,16). The summed E-state index contributed by atoms with van der Waals surface area (Å²) in [5.74, 6) is 0. The molecule has 2 aromatic rings. The van der Waals surface area contributed by atoms with Gasteiger partial charge in [0.1, 0.15) is 6.33 Å². The number of nitrogens with one attached hydrogen (secondary N) is 1. The van der Waals surface area contributed by atoms with Crippen molar-refractivity contribution in [3.63, 3.8) is 0 Å². The van der Waals surface area contributed by atoms with Gasteiger partial charge in [-0.3, -0.25) is 4.57 Å². The highest BCUT2D eigenvalue weighted by molar-refractivity contribution is 9.10. The highest BCUT2D eigenvalue weighted by Crippen LogP contribution is 2.25. The van der Waals surface area contributed by atoms with E-state index >= 15 is 0 Å². The highest BCUT2D eigenvalue weighted by atomic mass is 79.9. The maximum absolute atomic E-state index is 11.6. The van der Waals surface area contributed by atoms with E-state index in [4.69, 9.17) is 11.6 Å². The van der Waals surface area contributed by atoms with Gasteiger partial charge < -0.3 is 5.32 Å². The third-order valence-electron chi connectivity index (χ3n) is 1.91. The molecule has 0 saturated carbocycles. The number of aromatic nitrogens is 2. The molecule has 82 valence electrons. The third kappa shape index (κ3) is 2.43. The molecular weight excluding hydrogens is 293 g/mol. The Morgan fingerprint density at radius 2 is 2.31 bits per heavy atom. The van der Waals surface area contributed by atoms with E-state index in [9.17, 15) is 4.79 Å². The van der Waals surface area contributed by atoms with Crippen molar-refractivity contribution >= 4 is 39.2 Å². The van der Waals surface area contributed by atoms with Gasteiger partial charge in [0.25, 0.3) is 0 Å². The average molecular weight is 301 g/mol. The highest BCUT2D eigenvalue weighted by Gasteiger charge is 2.05. The molecular formula is C10H7BrClN3O. The van der Waals surface area contributed by atoms with Crippen LogP contribution in [0.5, 0.6) is 0 Å². The van der Waals surface area contributed by atoms with Gasteiger partial charge in [-0.2, -0.15) is 0 Å². The van der Waals surface area contributed by atoms with Gasteiger partial charge in [0, 0.05) is 22.6 Å². The molecule has 4 nitrogen and oxygen atoms in total. The average Bonchev–Trinajstić information content (AvgIpc) is 2.77. The molecule has 0 bridgehead atoms. The minimum absolute atomic E-state index is 0.272. The molecule has 1 aromatic carbocycles. The van der Waals surface area contributed by atoms with Crippen LogP contribution in [0.2, 0.25) is 5.02 Å². The number of carbonyl (C=O) groups excluding carboxylic acids is 1. The number of benzene rings is 1. The van der Waals surface area contributed by atoms with Gasteiger partial charge >= 0.3 is 6.03 Å². The number of amides is 1. The maximum atomic E-state index is 11.6. The summed E-state index contributed by atoms with van der Waals surface area (Å²) in [6.45, 7) is 0. The first-order valence-electron chi connectivity index (χ1n) is 4.41. The molecule has 0 atom stereocenters. The van der Waals surface area contributed by atoms with Crippen molar-refractivity contribution in [2.24, 2.45) is 0 Å². The van der Waals surface area contributed by atoms with Crippen molar-refractivity contribution in [2.45, 2.75) is 0 Å². The number of halogens is 2. The SMILES string of the molecule is O=C(Nc1ccc(Cl)c(Br)c1)n1ccnc1. The summed E-state index contributed by atoms with van der Waals surface area (Å²) < 4.78 is 2.08. The summed E-state index contributed by atoms with van der Waals surface area (Å²) in [7, 11) is 0. The van der Waals surface area contributed by atoms with Crippen LogP contribution in [-0.4, -0.2) is 15.6 Å². The molecule has 0 aliphatic rings. The smallest absolute Gasteiger partial charge is 0.307 e. The molecule has 16 heavy (non-hydrogen) atoms. The number of hydrogen-bond donors (Lipinski definition) is 1. The van der Waals surface area contributed by atoms with E-state index < -0.39 is 0 Å². The lowest BCUT2D eigenvalue weighted by Gasteiger charge is -2.06. The Balaban J connectivity index is 2.15. The fraction of sp³-hybridized carbons (Fsp3) is 0. The molecule has 0 aliphatic carbocycles. The largest absolute Gasteiger partial charge is 0.331 e. The van der Waals surface area contributed by atoms with E-state index in [1.807, 2.05) is 0 Å². The van der Waals surface area contributed by atoms with Crippen LogP contribution in [-0.2, 0) is 0 Å². The number of rotatable bonds is 1. The maximum Gasteiger partial charge on any atom is 0.331 e. The van der Waals surface area contributed by atoms with Crippen LogP contribution in [0.15, 0.2) is 41.4 Å². The number of hydrogen-bond acceptors (Lipinski definition) is 2. The van der Waals surface area contributed by atoms with Crippen LogP contribution in [0.1, 0.15) is 0 Å². The first kappa shape index (κ1) is 11.2. The van der Waals surface area contributed by atoms with Crippen LogP contribution < -0.4 is 5.32 Å². The van der Waals surface area contributed by atoms with Gasteiger partial charge in [0.2, 0.25) is 0 Å². The van der Waals surface area contributed by atoms with Crippen molar-refractivity contribution in [3.8, 4) is 0 Å². The van der Waals surface area contributed by atoms with E-state index in [0.29, 0.717) is 10.7 Å². The minimum atomic E-state index is -0.272. The predicted octanol–water partition coefficient (Wildman–Crippen LogP) is 3.38. The Labute approximate surface area is 105 Å². The summed E-state index contributed by atoms with van der Waals surface area (Å²) in [4.78, 5) is 15.4. The summed E-state index contributed by atoms with van der Waals surface area (Å²) in [5, 5.41) is 3.31. The third-order valence-corrected chi connectivity index (χ3v) is 3.12. The molecule has 0 aliphatic heterocycles. The molecule has 1 amide bonds. The van der Waals surface area contributed by atoms with Crippen LogP contribution in [0.4, 0.5) is 10.5 Å². The quantitative estimate of drug-likeness (QED) is 0.877. The molecule has 0 radical (unpaired) electrons. The topological polar surface area (TPSA) is 46.9 Å². The van der Waals surface area contributed by atoms with E-state index in [1.165, 1.54) is 17.1 Å². The Hall–Kier alpha value is -1.33. The second kappa shape index (κ2) is 4.67. The Kier molecular flexibility index (Phi) is 3.26. The summed E-state index contributed by atoms with van der Waals surface area (Å²) in [6.07, 6.45) is 4.54. The fourth-order valence-electron chi connectivity index (χ4n) is 1.14. The Morgan fingerprint density at radius 3 is 2.94 bits per heavy atom. The molecule has 1 aromatic heterocycles. The first-order valence-corrected chi connectivity index (χ1v) is 5.58. The van der Waals surface area contributed by atoms with Gasteiger partial charge in [-0.15, -0.1) is 0 Å². The minimum Gasteiger partial charge on any atom is -0.307 e. The molecule has 2 rings (SSSR count). The second-order valence-corrected chi connectivity index (χ2v) is 4.29. The first-order chi connectivity index (χ1) is 7.66. The van der Waals surface area contributed by atoms with Gasteiger partial charge in [-0.25, -0.2) is 9.78 Å². The molecule has 0 fully saturated rings. The number of imidazole rings is 1. The number of carbonyl (C=O) groups is 1. The van der Waals surface area contributed by atoms with Crippen molar-refractivity contribution in [1.29, 1.82) is 0 Å². The second-order valence-electron chi connectivity index (χ2n) is 3.03. The summed E-state index contributed by atoms with van der Waals surface area (Å²) in [6, 6.07) is 4.89. The zero-order chi connectivity index (χ0) is 11.5. The molecule has 0 saturated heterocycles.